The number of benzene rings is 3. The molecule has 5 rings (SSSR count). The minimum atomic E-state index is -0.645. The molecule has 0 saturated heterocycles. The minimum Gasteiger partial charge on any atom is -0.482 e. The number of hydrogen-bond acceptors (Lipinski definition) is 9. The normalized spacial score (nSPS) is 15.8. The lowest BCUT2D eigenvalue weighted by molar-refractivity contribution is -0.158. The van der Waals surface area contributed by atoms with Gasteiger partial charge >= 0.3 is 17.9 Å². The Balaban J connectivity index is 1.61. The third kappa shape index (κ3) is 13.5. The molecule has 0 bridgehead atoms. The molecule has 316 valence electrons. The molecule has 0 N–H and O–H groups in total. The first-order valence-corrected chi connectivity index (χ1v) is 21.3. The second kappa shape index (κ2) is 19.5. The van der Waals surface area contributed by atoms with Crippen molar-refractivity contribution in [3.05, 3.63) is 88.5 Å². The third-order valence-corrected chi connectivity index (χ3v) is 10.4. The Bertz CT molecular complexity index is 1750. The molecule has 9 heteroatoms. The third-order valence-electron chi connectivity index (χ3n) is 10.4. The Morgan fingerprint density at radius 1 is 0.500 bits per heavy atom. The molecule has 2 fully saturated rings. The largest absolute Gasteiger partial charge is 0.482 e. The van der Waals surface area contributed by atoms with Crippen LogP contribution < -0.4 is 14.2 Å². The van der Waals surface area contributed by atoms with Crippen LogP contribution in [0.15, 0.2) is 60.7 Å². The van der Waals surface area contributed by atoms with Crippen LogP contribution in [0.2, 0.25) is 0 Å². The van der Waals surface area contributed by atoms with Crippen molar-refractivity contribution < 1.29 is 42.8 Å². The van der Waals surface area contributed by atoms with E-state index >= 15 is 0 Å². The van der Waals surface area contributed by atoms with Crippen molar-refractivity contribution in [3.63, 3.8) is 0 Å². The van der Waals surface area contributed by atoms with Crippen LogP contribution in [-0.2, 0) is 28.6 Å². The summed E-state index contributed by atoms with van der Waals surface area (Å²) in [7, 11) is 0. The molecule has 0 aromatic heterocycles. The van der Waals surface area contributed by atoms with Gasteiger partial charge in [0.25, 0.3) is 0 Å². The molecule has 9 nitrogen and oxygen atoms in total. The van der Waals surface area contributed by atoms with Gasteiger partial charge in [0, 0.05) is 11.5 Å². The van der Waals surface area contributed by atoms with E-state index in [9.17, 15) is 14.4 Å². The predicted octanol–water partition coefficient (Wildman–Crippen LogP) is 11.1. The first kappa shape index (κ1) is 44.6. The van der Waals surface area contributed by atoms with Crippen molar-refractivity contribution in [2.45, 2.75) is 161 Å². The lowest BCUT2D eigenvalue weighted by Gasteiger charge is -2.29. The monoisotopic (exact) mass is 798 g/mol. The fourth-order valence-electron chi connectivity index (χ4n) is 8.15. The summed E-state index contributed by atoms with van der Waals surface area (Å²) in [5, 5.41) is 0. The van der Waals surface area contributed by atoms with Crippen LogP contribution in [0.3, 0.4) is 0 Å². The maximum Gasteiger partial charge on any atom is 0.344 e. The maximum atomic E-state index is 12.9. The summed E-state index contributed by atoms with van der Waals surface area (Å²) in [6.07, 6.45) is 11.0. The van der Waals surface area contributed by atoms with Gasteiger partial charge in [-0.25, -0.2) is 14.4 Å². The number of rotatable bonds is 14. The number of para-hydroxylation sites is 1. The van der Waals surface area contributed by atoms with Gasteiger partial charge in [-0.1, -0.05) is 81.0 Å². The highest BCUT2D eigenvalue weighted by Gasteiger charge is 2.29. The fourth-order valence-corrected chi connectivity index (χ4v) is 8.15. The zero-order chi connectivity index (χ0) is 42.1. The van der Waals surface area contributed by atoms with Gasteiger partial charge in [-0.15, -0.1) is 0 Å². The molecule has 0 aliphatic heterocycles. The number of carbonyl (C=O) groups excluding carboxylic acids is 3. The van der Waals surface area contributed by atoms with Crippen molar-refractivity contribution in [2.75, 3.05) is 19.8 Å². The summed E-state index contributed by atoms with van der Waals surface area (Å²) in [4.78, 5) is 38.5. The molecular weight excluding hydrogens is 733 g/mol. The van der Waals surface area contributed by atoms with Crippen LogP contribution in [0.1, 0.15) is 172 Å². The Hall–Kier alpha value is -4.53. The molecule has 0 atom stereocenters. The lowest BCUT2D eigenvalue weighted by Crippen LogP contribution is -2.27. The van der Waals surface area contributed by atoms with Crippen LogP contribution in [0.4, 0.5) is 0 Å². The standard InChI is InChI=1S/C49H66O9/c1-47(2,3)56-43(50)30-53-40-23-17-16-22-37(40)46(35-24-26-41(54-31-44(51)57-48(4,5)6)38(28-35)33-18-12-10-13-19-33)36-25-27-42(55-32-45(52)58-49(7,8)9)39(29-36)34-20-14-11-15-21-34/h16-17,22-29,33-34,46H,10-15,18-21,30-32H2,1-9H3. The van der Waals surface area contributed by atoms with E-state index in [2.05, 4.69) is 30.3 Å². The quantitative estimate of drug-likeness (QED) is 0.0895. The summed E-state index contributed by atoms with van der Waals surface area (Å²) in [6, 6.07) is 20.4. The van der Waals surface area contributed by atoms with E-state index in [-0.39, 0.29) is 37.6 Å². The van der Waals surface area contributed by atoms with Gasteiger partial charge in [-0.2, -0.15) is 0 Å². The summed E-state index contributed by atoms with van der Waals surface area (Å²) in [5.74, 6) is 0.884. The average molecular weight is 799 g/mol. The van der Waals surface area contributed by atoms with Gasteiger partial charge in [0.15, 0.2) is 19.8 Å². The van der Waals surface area contributed by atoms with Crippen molar-refractivity contribution in [3.8, 4) is 17.2 Å². The molecule has 3 aromatic rings. The number of esters is 3. The van der Waals surface area contributed by atoms with Crippen molar-refractivity contribution in [2.24, 2.45) is 0 Å². The van der Waals surface area contributed by atoms with E-state index in [4.69, 9.17) is 28.4 Å². The Morgan fingerprint density at radius 3 is 1.24 bits per heavy atom. The molecule has 2 aliphatic rings. The smallest absolute Gasteiger partial charge is 0.344 e. The summed E-state index contributed by atoms with van der Waals surface area (Å²) < 4.78 is 35.6. The van der Waals surface area contributed by atoms with Crippen LogP contribution in [0.25, 0.3) is 0 Å². The van der Waals surface area contributed by atoms with Gasteiger partial charge in [0.1, 0.15) is 34.1 Å². The topological polar surface area (TPSA) is 107 Å². The lowest BCUT2D eigenvalue weighted by atomic mass is 9.78. The first-order chi connectivity index (χ1) is 27.3. The highest BCUT2D eigenvalue weighted by Crippen LogP contribution is 2.45. The number of ether oxygens (including phenoxy) is 6. The van der Waals surface area contributed by atoms with Crippen molar-refractivity contribution in [1.29, 1.82) is 0 Å². The SMILES string of the molecule is CC(C)(C)OC(=O)COc1ccc(C(c2ccc(OCC(=O)OC(C)(C)C)c(C3CCCCC3)c2)c2ccccc2OCC(=O)OC(C)(C)C)cc1C1CCCCC1. The van der Waals surface area contributed by atoms with E-state index in [1.165, 1.54) is 12.8 Å². The molecule has 0 amide bonds. The van der Waals surface area contributed by atoms with Crippen LogP contribution in [0.5, 0.6) is 17.2 Å². The van der Waals surface area contributed by atoms with Crippen molar-refractivity contribution in [1.82, 2.24) is 0 Å². The van der Waals surface area contributed by atoms with Crippen LogP contribution >= 0.6 is 0 Å². The van der Waals surface area contributed by atoms with Gasteiger partial charge in [-0.05, 0) is 140 Å². The summed E-state index contributed by atoms with van der Waals surface area (Å²) in [6.45, 7) is 16.0. The molecule has 0 unspecified atom stereocenters. The summed E-state index contributed by atoms with van der Waals surface area (Å²) in [5.41, 5.74) is 3.20. The molecule has 58 heavy (non-hydrogen) atoms. The first-order valence-electron chi connectivity index (χ1n) is 21.3. The molecule has 2 saturated carbocycles. The second-order valence-corrected chi connectivity index (χ2v) is 18.9. The number of hydrogen-bond donors (Lipinski definition) is 0. The Labute approximate surface area is 346 Å². The fraction of sp³-hybridized carbons (Fsp3) is 0.571. The van der Waals surface area contributed by atoms with Crippen LogP contribution in [-0.4, -0.2) is 54.5 Å². The molecule has 0 spiro atoms. The predicted molar refractivity (Wildman–Crippen MR) is 226 cm³/mol. The van der Waals surface area contributed by atoms with Gasteiger partial charge in [0.2, 0.25) is 0 Å². The van der Waals surface area contributed by atoms with E-state index in [1.54, 1.807) is 0 Å². The highest BCUT2D eigenvalue weighted by atomic mass is 16.6. The molecule has 0 heterocycles. The molecule has 2 aliphatic carbocycles. The van der Waals surface area contributed by atoms with Gasteiger partial charge in [-0.3, -0.25) is 0 Å². The van der Waals surface area contributed by atoms with Crippen molar-refractivity contribution >= 4 is 17.9 Å². The number of carbonyl (C=O) groups is 3. The molecular formula is C49H66O9. The zero-order valence-electron chi connectivity index (χ0n) is 36.4. The minimum absolute atomic E-state index is 0.184. The van der Waals surface area contributed by atoms with Crippen LogP contribution in [0, 0.1) is 0 Å². The molecule has 0 radical (unpaired) electrons. The van der Waals surface area contributed by atoms with E-state index in [0.717, 1.165) is 79.2 Å². The summed E-state index contributed by atoms with van der Waals surface area (Å²) >= 11 is 0. The zero-order valence-corrected chi connectivity index (χ0v) is 36.4. The highest BCUT2D eigenvalue weighted by molar-refractivity contribution is 5.73. The maximum absolute atomic E-state index is 12.9. The van der Waals surface area contributed by atoms with E-state index in [0.29, 0.717) is 17.2 Å². The van der Waals surface area contributed by atoms with E-state index in [1.807, 2.05) is 92.6 Å². The van der Waals surface area contributed by atoms with Gasteiger partial charge in [0.05, 0.1) is 0 Å². The average Bonchev–Trinajstić information content (AvgIpc) is 3.15. The molecule has 3 aromatic carbocycles. The Morgan fingerprint density at radius 2 is 0.862 bits per heavy atom. The Kier molecular flexibility index (Phi) is 15.0. The van der Waals surface area contributed by atoms with E-state index < -0.39 is 34.7 Å². The second-order valence-electron chi connectivity index (χ2n) is 18.9. The van der Waals surface area contributed by atoms with Gasteiger partial charge < -0.3 is 28.4 Å².